The van der Waals surface area contributed by atoms with Crippen LogP contribution in [-0.2, 0) is 6.54 Å². The van der Waals surface area contributed by atoms with Gasteiger partial charge in [0.2, 0.25) is 0 Å². The first-order valence-corrected chi connectivity index (χ1v) is 7.74. The van der Waals surface area contributed by atoms with Gasteiger partial charge in [0.05, 0.1) is 0 Å². The minimum Gasteiger partial charge on any atom is -0.310 e. The predicted octanol–water partition coefficient (Wildman–Crippen LogP) is 4.50. The van der Waals surface area contributed by atoms with Crippen molar-refractivity contribution in [1.29, 1.82) is 0 Å². The fourth-order valence-electron chi connectivity index (χ4n) is 3.26. The van der Waals surface area contributed by atoms with Crippen LogP contribution in [0.4, 0.5) is 0 Å². The van der Waals surface area contributed by atoms with E-state index in [1.165, 1.54) is 36.8 Å². The SMILES string of the molecule is c1ccc(CNC2CCCC(c3ccccc3)C2)cc1. The summed E-state index contributed by atoms with van der Waals surface area (Å²) in [7, 11) is 0. The van der Waals surface area contributed by atoms with Crippen molar-refractivity contribution in [2.24, 2.45) is 0 Å². The quantitative estimate of drug-likeness (QED) is 0.858. The standard InChI is InChI=1S/C19H23N/c1-3-8-16(9-4-1)15-20-19-13-7-12-18(14-19)17-10-5-2-6-11-17/h1-6,8-11,18-20H,7,12-15H2. The molecule has 0 heterocycles. The molecule has 1 aliphatic carbocycles. The molecule has 1 heteroatoms. The van der Waals surface area contributed by atoms with Gasteiger partial charge in [-0.1, -0.05) is 67.1 Å². The summed E-state index contributed by atoms with van der Waals surface area (Å²) in [6.45, 7) is 0.993. The molecule has 2 atom stereocenters. The lowest BCUT2D eigenvalue weighted by Gasteiger charge is -2.30. The lowest BCUT2D eigenvalue weighted by molar-refractivity contribution is 0.338. The largest absolute Gasteiger partial charge is 0.310 e. The molecule has 0 saturated heterocycles. The highest BCUT2D eigenvalue weighted by atomic mass is 14.9. The molecule has 1 saturated carbocycles. The Morgan fingerprint density at radius 2 is 1.55 bits per heavy atom. The van der Waals surface area contributed by atoms with Crippen molar-refractivity contribution in [1.82, 2.24) is 5.32 Å². The molecule has 1 aliphatic rings. The molecule has 104 valence electrons. The van der Waals surface area contributed by atoms with Gasteiger partial charge in [0.1, 0.15) is 0 Å². The third-order valence-electron chi connectivity index (χ3n) is 4.38. The fraction of sp³-hybridized carbons (Fsp3) is 0.368. The Bertz CT molecular complexity index is 506. The number of hydrogen-bond acceptors (Lipinski definition) is 1. The maximum Gasteiger partial charge on any atom is 0.0208 e. The molecule has 0 radical (unpaired) electrons. The van der Waals surface area contributed by atoms with E-state index in [2.05, 4.69) is 66.0 Å². The van der Waals surface area contributed by atoms with E-state index in [0.29, 0.717) is 6.04 Å². The highest BCUT2D eigenvalue weighted by molar-refractivity contribution is 5.20. The first kappa shape index (κ1) is 13.4. The highest BCUT2D eigenvalue weighted by Gasteiger charge is 2.22. The van der Waals surface area contributed by atoms with E-state index in [1.807, 2.05) is 0 Å². The van der Waals surface area contributed by atoms with Crippen LogP contribution >= 0.6 is 0 Å². The zero-order valence-electron chi connectivity index (χ0n) is 12.0. The van der Waals surface area contributed by atoms with Gasteiger partial charge in [0, 0.05) is 12.6 Å². The van der Waals surface area contributed by atoms with Crippen molar-refractivity contribution in [3.63, 3.8) is 0 Å². The summed E-state index contributed by atoms with van der Waals surface area (Å²) in [5.74, 6) is 0.734. The molecule has 3 rings (SSSR count). The Morgan fingerprint density at radius 3 is 2.30 bits per heavy atom. The molecule has 0 spiro atoms. The molecule has 2 unspecified atom stereocenters. The maximum absolute atomic E-state index is 3.74. The second kappa shape index (κ2) is 6.71. The average molecular weight is 265 g/mol. The fourth-order valence-corrected chi connectivity index (χ4v) is 3.26. The summed E-state index contributed by atoms with van der Waals surface area (Å²) in [6.07, 6.45) is 5.27. The van der Waals surface area contributed by atoms with E-state index >= 15 is 0 Å². The van der Waals surface area contributed by atoms with Crippen LogP contribution in [-0.4, -0.2) is 6.04 Å². The molecule has 1 N–H and O–H groups in total. The lowest BCUT2D eigenvalue weighted by atomic mass is 9.81. The summed E-state index contributed by atoms with van der Waals surface area (Å²) in [6, 6.07) is 22.4. The lowest BCUT2D eigenvalue weighted by Crippen LogP contribution is -2.33. The Labute approximate surface area is 122 Å². The predicted molar refractivity (Wildman–Crippen MR) is 84.7 cm³/mol. The Kier molecular flexibility index (Phi) is 4.49. The summed E-state index contributed by atoms with van der Waals surface area (Å²) in [5.41, 5.74) is 2.90. The van der Waals surface area contributed by atoms with Crippen molar-refractivity contribution in [2.75, 3.05) is 0 Å². The smallest absolute Gasteiger partial charge is 0.0208 e. The summed E-state index contributed by atoms with van der Waals surface area (Å²) in [5, 5.41) is 3.74. The molecule has 0 aliphatic heterocycles. The van der Waals surface area contributed by atoms with Crippen molar-refractivity contribution >= 4 is 0 Å². The monoisotopic (exact) mass is 265 g/mol. The normalized spacial score (nSPS) is 22.6. The molecule has 0 bridgehead atoms. The first-order chi connectivity index (χ1) is 9.92. The van der Waals surface area contributed by atoms with E-state index in [1.54, 1.807) is 0 Å². The summed E-state index contributed by atoms with van der Waals surface area (Å²) >= 11 is 0. The Hall–Kier alpha value is -1.60. The van der Waals surface area contributed by atoms with Crippen LogP contribution in [0.1, 0.15) is 42.7 Å². The van der Waals surface area contributed by atoms with Crippen LogP contribution in [0.25, 0.3) is 0 Å². The average Bonchev–Trinajstić information content (AvgIpc) is 2.55. The second-order valence-corrected chi connectivity index (χ2v) is 5.84. The molecule has 0 amide bonds. The van der Waals surface area contributed by atoms with Crippen LogP contribution in [0, 0.1) is 0 Å². The van der Waals surface area contributed by atoms with Gasteiger partial charge in [0.25, 0.3) is 0 Å². The molecule has 2 aromatic rings. The minimum atomic E-state index is 0.661. The maximum atomic E-state index is 3.74. The first-order valence-electron chi connectivity index (χ1n) is 7.74. The highest BCUT2D eigenvalue weighted by Crippen LogP contribution is 2.32. The number of benzene rings is 2. The van der Waals surface area contributed by atoms with Gasteiger partial charge in [-0.3, -0.25) is 0 Å². The second-order valence-electron chi connectivity index (χ2n) is 5.84. The van der Waals surface area contributed by atoms with Gasteiger partial charge in [0.15, 0.2) is 0 Å². The topological polar surface area (TPSA) is 12.0 Å². The minimum absolute atomic E-state index is 0.661. The van der Waals surface area contributed by atoms with Crippen molar-refractivity contribution in [2.45, 2.75) is 44.2 Å². The van der Waals surface area contributed by atoms with Crippen LogP contribution < -0.4 is 5.32 Å². The zero-order valence-corrected chi connectivity index (χ0v) is 12.0. The molecule has 1 fully saturated rings. The van der Waals surface area contributed by atoms with Crippen LogP contribution in [0.2, 0.25) is 0 Å². The molecular weight excluding hydrogens is 242 g/mol. The van der Waals surface area contributed by atoms with E-state index in [4.69, 9.17) is 0 Å². The van der Waals surface area contributed by atoms with Crippen LogP contribution in [0.5, 0.6) is 0 Å². The van der Waals surface area contributed by atoms with Gasteiger partial charge in [-0.15, -0.1) is 0 Å². The van der Waals surface area contributed by atoms with Crippen molar-refractivity contribution < 1.29 is 0 Å². The van der Waals surface area contributed by atoms with Crippen molar-refractivity contribution in [3.05, 3.63) is 71.8 Å². The van der Waals surface area contributed by atoms with Gasteiger partial charge in [-0.2, -0.15) is 0 Å². The third kappa shape index (κ3) is 3.49. The van der Waals surface area contributed by atoms with E-state index < -0.39 is 0 Å². The molecule has 0 aromatic heterocycles. The van der Waals surface area contributed by atoms with E-state index in [-0.39, 0.29) is 0 Å². The number of hydrogen-bond donors (Lipinski definition) is 1. The van der Waals surface area contributed by atoms with Crippen LogP contribution in [0.15, 0.2) is 60.7 Å². The van der Waals surface area contributed by atoms with Crippen molar-refractivity contribution in [3.8, 4) is 0 Å². The molecular formula is C19H23N. The van der Waals surface area contributed by atoms with E-state index in [9.17, 15) is 0 Å². The van der Waals surface area contributed by atoms with Crippen LogP contribution in [0.3, 0.4) is 0 Å². The summed E-state index contributed by atoms with van der Waals surface area (Å²) < 4.78 is 0. The van der Waals surface area contributed by atoms with Gasteiger partial charge in [-0.05, 0) is 36.3 Å². The van der Waals surface area contributed by atoms with Gasteiger partial charge in [-0.25, -0.2) is 0 Å². The zero-order chi connectivity index (χ0) is 13.6. The Balaban J connectivity index is 1.56. The number of nitrogens with one attached hydrogen (secondary N) is 1. The number of rotatable bonds is 4. The molecule has 2 aromatic carbocycles. The van der Waals surface area contributed by atoms with Gasteiger partial charge >= 0.3 is 0 Å². The summed E-state index contributed by atoms with van der Waals surface area (Å²) in [4.78, 5) is 0. The molecule has 1 nitrogen and oxygen atoms in total. The van der Waals surface area contributed by atoms with E-state index in [0.717, 1.165) is 12.5 Å². The Morgan fingerprint density at radius 1 is 0.850 bits per heavy atom. The van der Waals surface area contributed by atoms with Gasteiger partial charge < -0.3 is 5.32 Å². The third-order valence-corrected chi connectivity index (χ3v) is 4.38. The molecule has 20 heavy (non-hydrogen) atoms.